The molecular formula is C14H21N3S. The number of aryl methyl sites for hydroxylation is 1. The number of hydrogen-bond acceptors (Lipinski definition) is 4. The van der Waals surface area contributed by atoms with Gasteiger partial charge in [-0.3, -0.25) is 0 Å². The zero-order valence-electron chi connectivity index (χ0n) is 11.0. The van der Waals surface area contributed by atoms with Gasteiger partial charge in [-0.05, 0) is 32.1 Å². The molecule has 0 bridgehead atoms. The maximum atomic E-state index is 4.75. The Morgan fingerprint density at radius 3 is 2.78 bits per heavy atom. The Labute approximate surface area is 113 Å². The summed E-state index contributed by atoms with van der Waals surface area (Å²) in [7, 11) is 1.97. The Morgan fingerprint density at radius 2 is 2.00 bits per heavy atom. The highest BCUT2D eigenvalue weighted by Gasteiger charge is 2.20. The van der Waals surface area contributed by atoms with E-state index in [2.05, 4.69) is 10.3 Å². The highest BCUT2D eigenvalue weighted by atomic mass is 32.2. The molecule has 1 aromatic heterocycles. The molecule has 0 unspecified atom stereocenters. The molecule has 1 heterocycles. The molecule has 2 aliphatic carbocycles. The summed E-state index contributed by atoms with van der Waals surface area (Å²) < 4.78 is 0. The van der Waals surface area contributed by atoms with E-state index in [-0.39, 0.29) is 0 Å². The number of anilines is 1. The van der Waals surface area contributed by atoms with E-state index in [1.807, 2.05) is 18.8 Å². The molecular weight excluding hydrogens is 242 g/mol. The van der Waals surface area contributed by atoms with E-state index in [1.165, 1.54) is 43.4 Å². The Kier molecular flexibility index (Phi) is 3.73. The van der Waals surface area contributed by atoms with Crippen LogP contribution in [0.2, 0.25) is 0 Å². The van der Waals surface area contributed by atoms with Gasteiger partial charge in [-0.15, -0.1) is 0 Å². The Balaban J connectivity index is 1.71. The third-order valence-corrected chi connectivity index (χ3v) is 5.33. The van der Waals surface area contributed by atoms with Crippen LogP contribution in [0.25, 0.3) is 0 Å². The molecule has 1 aromatic rings. The summed E-state index contributed by atoms with van der Waals surface area (Å²) in [6.07, 6.45) is 9.09. The van der Waals surface area contributed by atoms with E-state index in [1.54, 1.807) is 0 Å². The molecule has 0 spiro atoms. The molecule has 2 aliphatic rings. The number of fused-ring (bicyclic) bond motifs is 1. The van der Waals surface area contributed by atoms with Gasteiger partial charge in [0.25, 0.3) is 0 Å². The largest absolute Gasteiger partial charge is 0.373 e. The smallest absolute Gasteiger partial charge is 0.140 e. The van der Waals surface area contributed by atoms with E-state index in [0.29, 0.717) is 0 Å². The lowest BCUT2D eigenvalue weighted by atomic mass is 10.2. The van der Waals surface area contributed by atoms with Crippen molar-refractivity contribution >= 4 is 17.6 Å². The van der Waals surface area contributed by atoms with Gasteiger partial charge in [-0.25, -0.2) is 9.97 Å². The van der Waals surface area contributed by atoms with Crippen LogP contribution in [-0.4, -0.2) is 22.3 Å². The predicted octanol–water partition coefficient (Wildman–Crippen LogP) is 3.18. The zero-order valence-corrected chi connectivity index (χ0v) is 11.9. The van der Waals surface area contributed by atoms with E-state index >= 15 is 0 Å². The number of aromatic nitrogens is 2. The fourth-order valence-electron chi connectivity index (χ4n) is 3.00. The maximum Gasteiger partial charge on any atom is 0.140 e. The fraction of sp³-hybridized carbons (Fsp3) is 0.714. The summed E-state index contributed by atoms with van der Waals surface area (Å²) in [6.45, 7) is 0. The van der Waals surface area contributed by atoms with Crippen LogP contribution < -0.4 is 5.32 Å². The minimum absolute atomic E-state index is 0.847. The topological polar surface area (TPSA) is 37.8 Å². The lowest BCUT2D eigenvalue weighted by molar-refractivity contribution is 0.886. The maximum absolute atomic E-state index is 4.75. The average Bonchev–Trinajstić information content (AvgIpc) is 3.06. The molecule has 1 saturated carbocycles. The molecule has 0 aromatic carbocycles. The van der Waals surface area contributed by atoms with Crippen LogP contribution in [0.15, 0.2) is 0 Å². The van der Waals surface area contributed by atoms with Gasteiger partial charge >= 0.3 is 0 Å². The quantitative estimate of drug-likeness (QED) is 0.905. The Hall–Kier alpha value is -0.770. The average molecular weight is 263 g/mol. The van der Waals surface area contributed by atoms with Crippen molar-refractivity contribution in [1.29, 1.82) is 0 Å². The molecule has 0 saturated heterocycles. The SMILES string of the molecule is CNc1nc(CSC2CCCC2)nc2c1CCC2. The van der Waals surface area contributed by atoms with Crippen molar-refractivity contribution < 1.29 is 0 Å². The van der Waals surface area contributed by atoms with Crippen LogP contribution in [0.5, 0.6) is 0 Å². The van der Waals surface area contributed by atoms with Gasteiger partial charge in [0.2, 0.25) is 0 Å². The molecule has 18 heavy (non-hydrogen) atoms. The van der Waals surface area contributed by atoms with Crippen molar-refractivity contribution in [2.45, 2.75) is 55.9 Å². The van der Waals surface area contributed by atoms with Crippen LogP contribution in [0.3, 0.4) is 0 Å². The standard InChI is InChI=1S/C14H21N3S/c1-15-14-11-7-4-8-12(11)16-13(17-14)9-18-10-5-2-3-6-10/h10H,2-9H2,1H3,(H,15,16,17). The van der Waals surface area contributed by atoms with Crippen molar-refractivity contribution in [1.82, 2.24) is 9.97 Å². The van der Waals surface area contributed by atoms with E-state index in [9.17, 15) is 0 Å². The van der Waals surface area contributed by atoms with Gasteiger partial charge in [-0.2, -0.15) is 11.8 Å². The van der Waals surface area contributed by atoms with Gasteiger partial charge in [0, 0.05) is 23.6 Å². The van der Waals surface area contributed by atoms with E-state index in [4.69, 9.17) is 4.98 Å². The zero-order chi connectivity index (χ0) is 12.4. The molecule has 3 rings (SSSR count). The van der Waals surface area contributed by atoms with Crippen LogP contribution in [-0.2, 0) is 18.6 Å². The number of nitrogens with zero attached hydrogens (tertiary/aromatic N) is 2. The van der Waals surface area contributed by atoms with Gasteiger partial charge in [-0.1, -0.05) is 12.8 Å². The second-order valence-electron chi connectivity index (χ2n) is 5.23. The normalized spacial score (nSPS) is 19.2. The third kappa shape index (κ3) is 2.48. The number of nitrogens with one attached hydrogen (secondary N) is 1. The second-order valence-corrected chi connectivity index (χ2v) is 6.52. The molecule has 1 fully saturated rings. The molecule has 1 N–H and O–H groups in total. The minimum atomic E-state index is 0.847. The van der Waals surface area contributed by atoms with Crippen molar-refractivity contribution in [2.24, 2.45) is 0 Å². The van der Waals surface area contributed by atoms with Gasteiger partial charge in [0.15, 0.2) is 0 Å². The van der Waals surface area contributed by atoms with Crippen molar-refractivity contribution in [3.63, 3.8) is 0 Å². The first kappa shape index (κ1) is 12.3. The van der Waals surface area contributed by atoms with Crippen molar-refractivity contribution in [2.75, 3.05) is 12.4 Å². The number of rotatable bonds is 4. The third-order valence-electron chi connectivity index (χ3n) is 3.97. The fourth-order valence-corrected chi connectivity index (χ4v) is 4.18. The Bertz CT molecular complexity index is 427. The first-order valence-corrected chi connectivity index (χ1v) is 8.09. The van der Waals surface area contributed by atoms with Crippen LogP contribution in [0, 0.1) is 0 Å². The van der Waals surface area contributed by atoms with Gasteiger partial charge < -0.3 is 5.32 Å². The first-order valence-electron chi connectivity index (χ1n) is 7.05. The van der Waals surface area contributed by atoms with E-state index in [0.717, 1.165) is 35.5 Å². The summed E-state index contributed by atoms with van der Waals surface area (Å²) in [5.74, 6) is 3.07. The minimum Gasteiger partial charge on any atom is -0.373 e. The van der Waals surface area contributed by atoms with E-state index < -0.39 is 0 Å². The molecule has 0 atom stereocenters. The van der Waals surface area contributed by atoms with Crippen LogP contribution in [0.1, 0.15) is 49.2 Å². The summed E-state index contributed by atoms with van der Waals surface area (Å²) in [6, 6.07) is 0. The summed E-state index contributed by atoms with van der Waals surface area (Å²) >= 11 is 2.05. The molecule has 98 valence electrons. The van der Waals surface area contributed by atoms with Crippen molar-refractivity contribution in [3.05, 3.63) is 17.1 Å². The molecule has 0 radical (unpaired) electrons. The molecule has 3 nitrogen and oxygen atoms in total. The Morgan fingerprint density at radius 1 is 1.17 bits per heavy atom. The van der Waals surface area contributed by atoms with Gasteiger partial charge in [0.1, 0.15) is 11.6 Å². The lowest BCUT2D eigenvalue weighted by Crippen LogP contribution is -2.06. The van der Waals surface area contributed by atoms with Crippen LogP contribution in [0.4, 0.5) is 5.82 Å². The monoisotopic (exact) mass is 263 g/mol. The molecule has 0 aliphatic heterocycles. The predicted molar refractivity (Wildman–Crippen MR) is 77.2 cm³/mol. The van der Waals surface area contributed by atoms with Crippen molar-refractivity contribution in [3.8, 4) is 0 Å². The lowest BCUT2D eigenvalue weighted by Gasteiger charge is -2.11. The highest BCUT2D eigenvalue weighted by molar-refractivity contribution is 7.99. The summed E-state index contributed by atoms with van der Waals surface area (Å²) in [5, 5.41) is 4.08. The second kappa shape index (κ2) is 5.47. The van der Waals surface area contributed by atoms with Crippen LogP contribution >= 0.6 is 11.8 Å². The highest BCUT2D eigenvalue weighted by Crippen LogP contribution is 2.32. The summed E-state index contributed by atoms with van der Waals surface area (Å²) in [5.41, 5.74) is 2.64. The summed E-state index contributed by atoms with van der Waals surface area (Å²) in [4.78, 5) is 9.43. The van der Waals surface area contributed by atoms with Gasteiger partial charge in [0.05, 0.1) is 5.75 Å². The number of hydrogen-bond donors (Lipinski definition) is 1. The molecule has 4 heteroatoms. The molecule has 0 amide bonds. The first-order chi connectivity index (χ1) is 8.86. The number of thioether (sulfide) groups is 1.